The van der Waals surface area contributed by atoms with E-state index in [4.69, 9.17) is 1.37 Å². The smallest absolute Gasteiger partial charge is 0.254 e. The lowest BCUT2D eigenvalue weighted by Crippen LogP contribution is -2.42. The first kappa shape index (κ1) is 24.2. The van der Waals surface area contributed by atoms with E-state index in [2.05, 4.69) is 101 Å². The van der Waals surface area contributed by atoms with E-state index in [0.717, 1.165) is 23.2 Å². The van der Waals surface area contributed by atoms with Crippen LogP contribution in [-0.2, 0) is 13.0 Å². The second-order valence-electron chi connectivity index (χ2n) is 9.89. The third kappa shape index (κ3) is 6.15. The van der Waals surface area contributed by atoms with Gasteiger partial charge in [0.15, 0.2) is 0 Å². The first-order chi connectivity index (χ1) is 16.7. The summed E-state index contributed by atoms with van der Waals surface area (Å²) in [5.74, 6) is 0.0322. The van der Waals surface area contributed by atoms with Gasteiger partial charge in [-0.3, -0.25) is 9.69 Å². The van der Waals surface area contributed by atoms with Crippen molar-refractivity contribution in [2.45, 2.75) is 72.6 Å². The Bertz CT molecular complexity index is 1090. The number of benzene rings is 3. The van der Waals surface area contributed by atoms with E-state index < -0.39 is 0 Å². The van der Waals surface area contributed by atoms with Crippen molar-refractivity contribution in [3.8, 4) is 0 Å². The molecule has 3 nitrogen and oxygen atoms in total. The molecule has 0 aliphatic carbocycles. The summed E-state index contributed by atoms with van der Waals surface area (Å²) in [6.45, 7) is 11.2. The van der Waals surface area contributed by atoms with Crippen LogP contribution < -0.4 is 0 Å². The zero-order valence-corrected chi connectivity index (χ0v) is 21.6. The van der Waals surface area contributed by atoms with E-state index in [1.54, 1.807) is 0 Å². The van der Waals surface area contributed by atoms with Crippen LogP contribution in [0, 0.1) is 13.8 Å². The first-order valence-corrected chi connectivity index (χ1v) is 12.3. The van der Waals surface area contributed by atoms with Gasteiger partial charge < -0.3 is 4.90 Å². The van der Waals surface area contributed by atoms with Crippen molar-refractivity contribution < 1.29 is 6.17 Å². The van der Waals surface area contributed by atoms with Crippen molar-refractivity contribution in [2.24, 2.45) is 0 Å². The highest BCUT2D eigenvalue weighted by atomic mass is 16.2. The van der Waals surface area contributed by atoms with E-state index >= 15 is 0 Å². The number of rotatable bonds is 9. The molecule has 0 aliphatic heterocycles. The number of amides is 1. The monoisotopic (exact) mass is 457 g/mol. The molecule has 0 spiro atoms. The number of hydrogen-bond donors (Lipinski definition) is 0. The molecule has 180 valence electrons. The molecule has 1 unspecified atom stereocenters. The number of likely N-dealkylation sites (N-methyl/N-ethyl adjacent to an activating group) is 1. The second kappa shape index (κ2) is 11.5. The lowest BCUT2D eigenvalue weighted by atomic mass is 9.90. The Balaban J connectivity index is 2.08. The molecule has 0 aromatic heterocycles. The van der Waals surface area contributed by atoms with Crippen LogP contribution in [0.15, 0.2) is 72.8 Å². The summed E-state index contributed by atoms with van der Waals surface area (Å²) in [5.41, 5.74) is 6.13. The highest BCUT2D eigenvalue weighted by molar-refractivity contribution is 5.97. The molecule has 0 aliphatic rings. The maximum Gasteiger partial charge on any atom is 0.254 e. The predicted molar refractivity (Wildman–Crippen MR) is 143 cm³/mol. The van der Waals surface area contributed by atoms with E-state index in [9.17, 15) is 4.79 Å². The van der Waals surface area contributed by atoms with Gasteiger partial charge in [0.1, 0.15) is 0 Å². The van der Waals surface area contributed by atoms with Gasteiger partial charge in [0.25, 0.3) is 5.91 Å². The van der Waals surface area contributed by atoms with E-state index in [-0.39, 0.29) is 30.9 Å². The predicted octanol–water partition coefficient (Wildman–Crippen LogP) is 6.98. The summed E-state index contributed by atoms with van der Waals surface area (Å²) in [7, 11) is 2.15. The van der Waals surface area contributed by atoms with Gasteiger partial charge in [-0.2, -0.15) is 0 Å². The molecule has 3 rings (SSSR count). The highest BCUT2D eigenvalue weighted by Crippen LogP contribution is 2.30. The fourth-order valence-corrected chi connectivity index (χ4v) is 4.97. The molecular weight excluding hydrogens is 416 g/mol. The lowest BCUT2D eigenvalue weighted by Gasteiger charge is -2.33. The summed E-state index contributed by atoms with van der Waals surface area (Å²) in [6, 6.07) is 25.5. The van der Waals surface area contributed by atoms with E-state index in [1.165, 1.54) is 11.1 Å². The molecule has 0 N–H and O–H groups in total. The number of aryl methyl sites for hydroxylation is 2. The van der Waals surface area contributed by atoms with E-state index in [0.29, 0.717) is 12.0 Å². The summed E-state index contributed by atoms with van der Waals surface area (Å²) in [6.07, 6.45) is 0.702. The molecule has 3 aromatic rings. The van der Waals surface area contributed by atoms with Crippen molar-refractivity contribution >= 4 is 5.91 Å². The van der Waals surface area contributed by atoms with Gasteiger partial charge in [-0.25, -0.2) is 0 Å². The van der Waals surface area contributed by atoms with Gasteiger partial charge in [-0.15, -0.1) is 0 Å². The Kier molecular flexibility index (Phi) is 8.18. The van der Waals surface area contributed by atoms with Crippen molar-refractivity contribution in [1.29, 1.82) is 0 Å². The molecule has 3 heteroatoms. The van der Waals surface area contributed by atoms with Crippen LogP contribution in [0.3, 0.4) is 0 Å². The number of nitrogens with zero attached hydrogens (tertiary/aromatic N) is 2. The van der Waals surface area contributed by atoms with Crippen molar-refractivity contribution in [3.63, 3.8) is 0 Å². The molecule has 34 heavy (non-hydrogen) atoms. The zero-order valence-electron chi connectivity index (χ0n) is 22.6. The molecule has 3 aromatic carbocycles. The van der Waals surface area contributed by atoms with Crippen molar-refractivity contribution in [2.75, 3.05) is 7.05 Å². The molecule has 0 saturated heterocycles. The molecule has 1 amide bonds. The largest absolute Gasteiger partial charge is 0.334 e. The molecule has 1 atom stereocenters. The minimum absolute atomic E-state index is 0.0322. The fourth-order valence-electron chi connectivity index (χ4n) is 4.97. The van der Waals surface area contributed by atoms with Crippen LogP contribution in [0.1, 0.15) is 73.3 Å². The number of carbonyl (C=O) groups is 1. The third-order valence-corrected chi connectivity index (χ3v) is 6.41. The number of carbonyl (C=O) groups excluding carboxylic acids is 1. The van der Waals surface area contributed by atoms with Crippen LogP contribution in [0.25, 0.3) is 0 Å². The summed E-state index contributed by atoms with van der Waals surface area (Å²) in [5, 5.41) is 0. The van der Waals surface area contributed by atoms with Crippen LogP contribution in [0.4, 0.5) is 0 Å². The van der Waals surface area contributed by atoms with Crippen LogP contribution >= 0.6 is 0 Å². The van der Waals surface area contributed by atoms with Crippen molar-refractivity contribution in [3.05, 3.63) is 106 Å². The quantitative estimate of drug-likeness (QED) is 0.346. The molecule has 0 heterocycles. The normalized spacial score (nSPS) is 12.8. The Hall–Kier alpha value is -2.91. The third-order valence-electron chi connectivity index (χ3n) is 6.41. The average Bonchev–Trinajstić information content (AvgIpc) is 2.82. The Labute approximate surface area is 207 Å². The molecule has 0 bridgehead atoms. The van der Waals surface area contributed by atoms with Gasteiger partial charge in [0, 0.05) is 31.6 Å². The zero-order chi connectivity index (χ0) is 25.5. The van der Waals surface area contributed by atoms with Crippen LogP contribution in [-0.4, -0.2) is 34.8 Å². The van der Waals surface area contributed by atoms with Gasteiger partial charge in [-0.05, 0) is 77.2 Å². The lowest BCUT2D eigenvalue weighted by molar-refractivity contribution is 0.0641. The molecule has 0 radical (unpaired) electrons. The summed E-state index contributed by atoms with van der Waals surface area (Å²) in [4.78, 5) is 18.3. The van der Waals surface area contributed by atoms with Crippen LogP contribution in [0.2, 0.25) is 0 Å². The minimum atomic E-state index is 0.0322. The van der Waals surface area contributed by atoms with Gasteiger partial charge in [0.2, 0.25) is 0 Å². The average molecular weight is 458 g/mol. The Morgan fingerprint density at radius 3 is 2.06 bits per heavy atom. The maximum atomic E-state index is 13.9. The van der Waals surface area contributed by atoms with Crippen molar-refractivity contribution in [1.82, 2.24) is 9.80 Å². The van der Waals surface area contributed by atoms with Gasteiger partial charge >= 0.3 is 0 Å². The molecule has 0 saturated carbocycles. The Morgan fingerprint density at radius 2 is 1.50 bits per heavy atom. The SMILES string of the molecule is [2H]Cc1cc(C)cc(CC(c2ccccc2)N(C)Cc2ccccc2)c1C(=O)N(C(C)C)C(C)C. The highest BCUT2D eigenvalue weighted by Gasteiger charge is 2.27. The van der Waals surface area contributed by atoms with Crippen LogP contribution in [0.5, 0.6) is 0 Å². The number of hydrogen-bond acceptors (Lipinski definition) is 2. The van der Waals surface area contributed by atoms with E-state index in [1.807, 2.05) is 23.1 Å². The standard InChI is InChI=1S/C31H40N2O/c1-22(2)33(23(3)4)31(34)30-25(6)18-24(5)19-28(30)20-29(27-16-12-9-13-17-27)32(7)21-26-14-10-8-11-15-26/h8-19,22-23,29H,20-21H2,1-7H3/i6D. The molecular formula is C31H40N2O. The fraction of sp³-hybridized carbons (Fsp3) is 0.387. The topological polar surface area (TPSA) is 23.6 Å². The molecule has 0 fully saturated rings. The maximum absolute atomic E-state index is 13.9. The van der Waals surface area contributed by atoms with Gasteiger partial charge in [0.05, 0.1) is 0 Å². The minimum Gasteiger partial charge on any atom is -0.334 e. The summed E-state index contributed by atoms with van der Waals surface area (Å²) < 4.78 is 8.23. The Morgan fingerprint density at radius 1 is 0.912 bits per heavy atom. The van der Waals surface area contributed by atoms with Gasteiger partial charge in [-0.1, -0.05) is 78.4 Å². The first-order valence-electron chi connectivity index (χ1n) is 13.0. The summed E-state index contributed by atoms with van der Waals surface area (Å²) >= 11 is 0. The second-order valence-corrected chi connectivity index (χ2v) is 9.89.